The number of hydrogen-bond acceptors (Lipinski definition) is 1. The van der Waals surface area contributed by atoms with Crippen molar-refractivity contribution in [3.8, 4) is 0 Å². The summed E-state index contributed by atoms with van der Waals surface area (Å²) >= 11 is 0. The molecule has 0 unspecified atom stereocenters. The normalized spacial score (nSPS) is 30.4. The average molecular weight is 251 g/mol. The van der Waals surface area contributed by atoms with E-state index in [0.717, 1.165) is 19.0 Å². The molecule has 2 aliphatic rings. The summed E-state index contributed by atoms with van der Waals surface area (Å²) in [5.41, 5.74) is 0. The SMILES string of the molecule is CC(C)CN(CC(C)C)C(=O)[C@@H]1C[C@@H]2CC[C@H]1C2. The Bertz CT molecular complexity index is 287. The van der Waals surface area contributed by atoms with E-state index in [1.165, 1.54) is 25.7 Å². The van der Waals surface area contributed by atoms with Gasteiger partial charge in [-0.05, 0) is 42.9 Å². The van der Waals surface area contributed by atoms with Crippen LogP contribution in [0.25, 0.3) is 0 Å². The van der Waals surface area contributed by atoms with Gasteiger partial charge in [0.25, 0.3) is 0 Å². The van der Waals surface area contributed by atoms with Crippen LogP contribution in [0.1, 0.15) is 53.4 Å². The Kier molecular flexibility index (Phi) is 4.34. The highest BCUT2D eigenvalue weighted by Gasteiger charge is 2.44. The first kappa shape index (κ1) is 13.9. The fourth-order valence-electron chi connectivity index (χ4n) is 3.92. The number of hydrogen-bond donors (Lipinski definition) is 0. The van der Waals surface area contributed by atoms with Gasteiger partial charge in [0.05, 0.1) is 0 Å². The maximum absolute atomic E-state index is 12.7. The number of nitrogens with zero attached hydrogens (tertiary/aromatic N) is 1. The van der Waals surface area contributed by atoms with E-state index in [1.807, 2.05) is 0 Å². The van der Waals surface area contributed by atoms with E-state index >= 15 is 0 Å². The van der Waals surface area contributed by atoms with E-state index in [2.05, 4.69) is 32.6 Å². The van der Waals surface area contributed by atoms with Crippen LogP contribution in [-0.4, -0.2) is 23.9 Å². The van der Waals surface area contributed by atoms with Gasteiger partial charge in [-0.15, -0.1) is 0 Å². The van der Waals surface area contributed by atoms with Crippen LogP contribution in [0.2, 0.25) is 0 Å². The Morgan fingerprint density at radius 1 is 1.06 bits per heavy atom. The molecule has 2 heteroatoms. The Balaban J connectivity index is 1.98. The fraction of sp³-hybridized carbons (Fsp3) is 0.938. The first-order chi connectivity index (χ1) is 8.47. The van der Waals surface area contributed by atoms with Crippen LogP contribution in [0.4, 0.5) is 0 Å². The Morgan fingerprint density at radius 3 is 2.06 bits per heavy atom. The molecule has 0 heterocycles. The number of amides is 1. The highest BCUT2D eigenvalue weighted by molar-refractivity contribution is 5.79. The smallest absolute Gasteiger partial charge is 0.225 e. The molecule has 2 fully saturated rings. The standard InChI is InChI=1S/C16H29NO/c1-11(2)9-17(10-12(3)4)16(18)15-8-13-5-6-14(15)7-13/h11-15H,5-10H2,1-4H3/t13-,14+,15-/m1/s1. The second-order valence-electron chi connectivity index (χ2n) is 7.31. The predicted octanol–water partition coefficient (Wildman–Crippen LogP) is 3.56. The molecule has 0 aromatic carbocycles. The third kappa shape index (κ3) is 3.07. The third-order valence-corrected chi connectivity index (χ3v) is 4.54. The molecule has 0 N–H and O–H groups in total. The van der Waals surface area contributed by atoms with Crippen molar-refractivity contribution in [3.05, 3.63) is 0 Å². The van der Waals surface area contributed by atoms with Crippen LogP contribution in [0.5, 0.6) is 0 Å². The van der Waals surface area contributed by atoms with Gasteiger partial charge in [-0.1, -0.05) is 34.1 Å². The van der Waals surface area contributed by atoms with Crippen LogP contribution in [0.15, 0.2) is 0 Å². The van der Waals surface area contributed by atoms with Crippen LogP contribution in [0, 0.1) is 29.6 Å². The third-order valence-electron chi connectivity index (χ3n) is 4.54. The molecule has 104 valence electrons. The van der Waals surface area contributed by atoms with Crippen molar-refractivity contribution in [2.24, 2.45) is 29.6 Å². The zero-order valence-electron chi connectivity index (χ0n) is 12.5. The summed E-state index contributed by atoms with van der Waals surface area (Å²) in [6.45, 7) is 10.7. The zero-order valence-corrected chi connectivity index (χ0v) is 12.5. The molecule has 0 radical (unpaired) electrons. The first-order valence-corrected chi connectivity index (χ1v) is 7.76. The molecule has 3 atom stereocenters. The fourth-order valence-corrected chi connectivity index (χ4v) is 3.92. The quantitative estimate of drug-likeness (QED) is 0.731. The average Bonchev–Trinajstić information content (AvgIpc) is 2.87. The van der Waals surface area contributed by atoms with Crippen molar-refractivity contribution in [2.45, 2.75) is 53.4 Å². The van der Waals surface area contributed by atoms with Crippen LogP contribution in [0.3, 0.4) is 0 Å². The minimum absolute atomic E-state index is 0.362. The van der Waals surface area contributed by atoms with Crippen LogP contribution >= 0.6 is 0 Å². The molecule has 0 aromatic heterocycles. The van der Waals surface area contributed by atoms with Gasteiger partial charge in [0.1, 0.15) is 0 Å². The lowest BCUT2D eigenvalue weighted by molar-refractivity contribution is -0.138. The maximum Gasteiger partial charge on any atom is 0.225 e. The van der Waals surface area contributed by atoms with E-state index in [1.54, 1.807) is 0 Å². The Labute approximate surface area is 112 Å². The number of fused-ring (bicyclic) bond motifs is 2. The monoisotopic (exact) mass is 251 g/mol. The second-order valence-corrected chi connectivity index (χ2v) is 7.31. The van der Waals surface area contributed by atoms with E-state index in [4.69, 9.17) is 0 Å². The highest BCUT2D eigenvalue weighted by Crippen LogP contribution is 2.48. The lowest BCUT2D eigenvalue weighted by Crippen LogP contribution is -2.42. The number of carbonyl (C=O) groups excluding carboxylic acids is 1. The van der Waals surface area contributed by atoms with Gasteiger partial charge in [-0.3, -0.25) is 4.79 Å². The first-order valence-electron chi connectivity index (χ1n) is 7.76. The highest BCUT2D eigenvalue weighted by atomic mass is 16.2. The number of carbonyl (C=O) groups is 1. The predicted molar refractivity (Wildman–Crippen MR) is 75.2 cm³/mol. The molecule has 2 saturated carbocycles. The largest absolute Gasteiger partial charge is 0.342 e. The van der Waals surface area contributed by atoms with E-state index < -0.39 is 0 Å². The van der Waals surface area contributed by atoms with Gasteiger partial charge >= 0.3 is 0 Å². The van der Waals surface area contributed by atoms with Crippen molar-refractivity contribution in [1.82, 2.24) is 4.90 Å². The molecule has 0 saturated heterocycles. The van der Waals surface area contributed by atoms with Crippen LogP contribution < -0.4 is 0 Å². The molecule has 0 aromatic rings. The maximum atomic E-state index is 12.7. The van der Waals surface area contributed by atoms with Crippen molar-refractivity contribution in [3.63, 3.8) is 0 Å². The minimum atomic E-state index is 0.362. The minimum Gasteiger partial charge on any atom is -0.342 e. The lowest BCUT2D eigenvalue weighted by Gasteiger charge is -2.32. The molecule has 0 aliphatic heterocycles. The van der Waals surface area contributed by atoms with E-state index in [9.17, 15) is 4.79 Å². The molecule has 18 heavy (non-hydrogen) atoms. The summed E-state index contributed by atoms with van der Waals surface area (Å²) in [6, 6.07) is 0. The summed E-state index contributed by atoms with van der Waals surface area (Å²) in [5.74, 6) is 3.55. The van der Waals surface area contributed by atoms with Gasteiger partial charge in [0.15, 0.2) is 0 Å². The molecular weight excluding hydrogens is 222 g/mol. The molecule has 0 spiro atoms. The lowest BCUT2D eigenvalue weighted by atomic mass is 9.87. The van der Waals surface area contributed by atoms with Crippen molar-refractivity contribution < 1.29 is 4.79 Å². The molecule has 2 rings (SSSR count). The Hall–Kier alpha value is -0.530. The molecule has 2 nitrogen and oxygen atoms in total. The van der Waals surface area contributed by atoms with Gasteiger partial charge < -0.3 is 4.90 Å². The summed E-state index contributed by atoms with van der Waals surface area (Å²) in [6.07, 6.45) is 5.19. The van der Waals surface area contributed by atoms with Gasteiger partial charge in [-0.2, -0.15) is 0 Å². The number of rotatable bonds is 5. The van der Waals surface area contributed by atoms with E-state index in [0.29, 0.717) is 29.6 Å². The molecule has 1 amide bonds. The zero-order chi connectivity index (χ0) is 13.3. The summed E-state index contributed by atoms with van der Waals surface area (Å²) in [5, 5.41) is 0. The van der Waals surface area contributed by atoms with Crippen molar-refractivity contribution >= 4 is 5.91 Å². The molecule has 2 aliphatic carbocycles. The summed E-state index contributed by atoms with van der Waals surface area (Å²) in [7, 11) is 0. The summed E-state index contributed by atoms with van der Waals surface area (Å²) < 4.78 is 0. The van der Waals surface area contributed by atoms with Crippen molar-refractivity contribution in [1.29, 1.82) is 0 Å². The topological polar surface area (TPSA) is 20.3 Å². The van der Waals surface area contributed by atoms with Crippen LogP contribution in [-0.2, 0) is 4.79 Å². The van der Waals surface area contributed by atoms with Gasteiger partial charge in [-0.25, -0.2) is 0 Å². The van der Waals surface area contributed by atoms with Gasteiger partial charge in [0.2, 0.25) is 5.91 Å². The molecular formula is C16H29NO. The molecule has 2 bridgehead atoms. The summed E-state index contributed by atoms with van der Waals surface area (Å²) in [4.78, 5) is 14.9. The van der Waals surface area contributed by atoms with E-state index in [-0.39, 0.29) is 0 Å². The second kappa shape index (κ2) is 5.63. The van der Waals surface area contributed by atoms with Crippen molar-refractivity contribution in [2.75, 3.05) is 13.1 Å². The Morgan fingerprint density at radius 2 is 1.67 bits per heavy atom. The van der Waals surface area contributed by atoms with Gasteiger partial charge in [0, 0.05) is 19.0 Å².